The fourth-order valence-electron chi connectivity index (χ4n) is 2.02. The molecule has 23 heavy (non-hydrogen) atoms. The van der Waals surface area contributed by atoms with Crippen molar-refractivity contribution in [2.24, 2.45) is 11.7 Å². The summed E-state index contributed by atoms with van der Waals surface area (Å²) < 4.78 is 4.84. The van der Waals surface area contributed by atoms with Gasteiger partial charge >= 0.3 is 11.6 Å². The Labute approximate surface area is 143 Å². The third-order valence-corrected chi connectivity index (χ3v) is 3.51. The van der Waals surface area contributed by atoms with Gasteiger partial charge in [-0.1, -0.05) is 36.0 Å². The van der Waals surface area contributed by atoms with Gasteiger partial charge in [-0.15, -0.1) is 0 Å². The molecule has 3 N–H and O–H groups in total. The van der Waals surface area contributed by atoms with Crippen LogP contribution in [0.15, 0.2) is 35.9 Å². The van der Waals surface area contributed by atoms with Crippen molar-refractivity contribution in [2.45, 2.75) is 12.8 Å². The molecule has 0 aliphatic heterocycles. The minimum Gasteiger partial charge on any atom is -0.476 e. The number of hydrogen-bond donors (Lipinski definition) is 2. The molecule has 9 heteroatoms. The van der Waals surface area contributed by atoms with E-state index in [1.165, 1.54) is 24.3 Å². The topological polar surface area (TPSA) is 122 Å². The van der Waals surface area contributed by atoms with E-state index in [-0.39, 0.29) is 11.6 Å². The molecule has 0 amide bonds. The molecule has 0 spiro atoms. The van der Waals surface area contributed by atoms with Crippen LogP contribution in [0.1, 0.15) is 18.4 Å². The van der Waals surface area contributed by atoms with Gasteiger partial charge in [0.05, 0.1) is 22.6 Å². The maximum Gasteiger partial charge on any atom is 0.354 e. The molecular weight excluding hydrogens is 342 g/mol. The summed E-state index contributed by atoms with van der Waals surface area (Å²) >= 11 is 10.6. The van der Waals surface area contributed by atoms with Crippen LogP contribution < -0.4 is 5.73 Å². The van der Waals surface area contributed by atoms with Crippen LogP contribution in [0.5, 0.6) is 0 Å². The number of allylic oxidation sites excluding steroid dienone is 1. The largest absolute Gasteiger partial charge is 0.476 e. The van der Waals surface area contributed by atoms with Crippen LogP contribution in [0.2, 0.25) is 5.02 Å². The summed E-state index contributed by atoms with van der Waals surface area (Å²) in [7, 11) is 0. The summed E-state index contributed by atoms with van der Waals surface area (Å²) in [5.74, 6) is -3.28. The summed E-state index contributed by atoms with van der Waals surface area (Å²) in [6.07, 6.45) is 0. The Morgan fingerprint density at radius 3 is 2.52 bits per heavy atom. The number of benzene rings is 1. The molecule has 0 aromatic heterocycles. The second-order valence-corrected chi connectivity index (χ2v) is 5.33. The smallest absolute Gasteiger partial charge is 0.354 e. The Morgan fingerprint density at radius 1 is 1.57 bits per heavy atom. The van der Waals surface area contributed by atoms with Gasteiger partial charge in [-0.25, -0.2) is 0 Å². The quantitative estimate of drug-likeness (QED) is 0.333. The minimum atomic E-state index is -1.20. The lowest BCUT2D eigenvalue weighted by atomic mass is 9.84. The van der Waals surface area contributed by atoms with Crippen molar-refractivity contribution in [3.63, 3.8) is 0 Å². The number of halogens is 1. The normalized spacial score (nSPS) is 14.1. The second kappa shape index (κ2) is 8.31. The zero-order chi connectivity index (χ0) is 17.6. The van der Waals surface area contributed by atoms with E-state index in [4.69, 9.17) is 34.3 Å². The number of aliphatic hydroxyl groups is 1. The number of nitriles is 1. The fourth-order valence-corrected chi connectivity index (χ4v) is 2.33. The van der Waals surface area contributed by atoms with Crippen molar-refractivity contribution < 1.29 is 14.8 Å². The lowest BCUT2D eigenvalue weighted by molar-refractivity contribution is -0.436. The lowest BCUT2D eigenvalue weighted by Gasteiger charge is -2.19. The number of thiocarbonyl (C=S) groups is 1. The van der Waals surface area contributed by atoms with Gasteiger partial charge < -0.3 is 15.6 Å². The molecule has 0 saturated heterocycles. The van der Waals surface area contributed by atoms with Crippen LogP contribution in [-0.4, -0.2) is 21.6 Å². The first-order valence-corrected chi connectivity index (χ1v) is 7.26. The van der Waals surface area contributed by atoms with Crippen molar-refractivity contribution in [3.8, 4) is 6.07 Å². The van der Waals surface area contributed by atoms with Gasteiger partial charge in [-0.3, -0.25) is 10.1 Å². The molecule has 0 unspecified atom stereocenters. The Kier molecular flexibility index (Phi) is 6.75. The number of nitrogens with zero attached hydrogens (tertiary/aromatic N) is 2. The van der Waals surface area contributed by atoms with E-state index in [0.717, 1.165) is 0 Å². The van der Waals surface area contributed by atoms with Crippen LogP contribution in [-0.2, 0) is 4.74 Å². The zero-order valence-corrected chi connectivity index (χ0v) is 13.7. The average molecular weight is 356 g/mol. The van der Waals surface area contributed by atoms with Gasteiger partial charge in [0.25, 0.3) is 0 Å². The van der Waals surface area contributed by atoms with Gasteiger partial charge in [0.1, 0.15) is 11.8 Å². The van der Waals surface area contributed by atoms with Crippen molar-refractivity contribution >= 4 is 28.8 Å². The SMILES string of the molecule is CCO/C(O)=C(/[C@@H](c1ccc(Cl)cc1)[C@@H](C#N)C(N)=S)[N+](=O)[O-]. The van der Waals surface area contributed by atoms with Crippen molar-refractivity contribution in [1.29, 1.82) is 5.26 Å². The highest BCUT2D eigenvalue weighted by atomic mass is 35.5. The van der Waals surface area contributed by atoms with Gasteiger partial charge in [-0.05, 0) is 24.6 Å². The van der Waals surface area contributed by atoms with Gasteiger partial charge in [0.2, 0.25) is 0 Å². The molecule has 0 heterocycles. The van der Waals surface area contributed by atoms with E-state index in [0.29, 0.717) is 10.6 Å². The molecule has 1 rings (SSSR count). The predicted octanol–water partition coefficient (Wildman–Crippen LogP) is 2.89. The summed E-state index contributed by atoms with van der Waals surface area (Å²) in [4.78, 5) is 10.4. The Balaban J connectivity index is 3.58. The third-order valence-electron chi connectivity index (χ3n) is 3.00. The average Bonchev–Trinajstić information content (AvgIpc) is 2.47. The molecule has 7 nitrogen and oxygen atoms in total. The van der Waals surface area contributed by atoms with E-state index in [2.05, 4.69) is 0 Å². The lowest BCUT2D eigenvalue weighted by Crippen LogP contribution is -2.30. The third kappa shape index (κ3) is 4.55. The summed E-state index contributed by atoms with van der Waals surface area (Å²) in [5, 5.41) is 31.0. The highest BCUT2D eigenvalue weighted by molar-refractivity contribution is 7.80. The number of ether oxygens (including phenoxy) is 1. The molecule has 122 valence electrons. The Hall–Kier alpha value is -2.37. The van der Waals surface area contributed by atoms with E-state index < -0.39 is 28.4 Å². The predicted molar refractivity (Wildman–Crippen MR) is 88.4 cm³/mol. The van der Waals surface area contributed by atoms with Gasteiger partial charge in [-0.2, -0.15) is 5.26 Å². The second-order valence-electron chi connectivity index (χ2n) is 4.42. The number of hydrogen-bond acceptors (Lipinski definition) is 6. The van der Waals surface area contributed by atoms with Crippen LogP contribution in [0.25, 0.3) is 0 Å². The maximum absolute atomic E-state index is 11.4. The van der Waals surface area contributed by atoms with Crippen LogP contribution in [0, 0.1) is 27.4 Å². The van der Waals surface area contributed by atoms with Crippen molar-refractivity contribution in [3.05, 3.63) is 56.6 Å². The fraction of sp³-hybridized carbons (Fsp3) is 0.286. The zero-order valence-electron chi connectivity index (χ0n) is 12.1. The molecule has 0 aliphatic rings. The molecule has 0 fully saturated rings. The monoisotopic (exact) mass is 355 g/mol. The minimum absolute atomic E-state index is 0.0147. The summed E-state index contributed by atoms with van der Waals surface area (Å²) in [6.45, 7) is 1.57. The van der Waals surface area contributed by atoms with E-state index in [9.17, 15) is 20.5 Å². The Bertz CT molecular complexity index is 670. The van der Waals surface area contributed by atoms with E-state index in [1.54, 1.807) is 6.92 Å². The molecular formula is C14H14ClN3O4S. The molecule has 1 aromatic carbocycles. The first kappa shape index (κ1) is 18.7. The molecule has 2 atom stereocenters. The standard InChI is InChI=1S/C14H14ClN3O4S/c1-2-22-14(19)12(18(20)21)11(10(7-16)13(17)23)8-3-5-9(15)6-4-8/h3-6,10-11,19H,2H2,1H3,(H2,17,23)/b14-12-/t10-,11+/m1/s1. The van der Waals surface area contributed by atoms with Gasteiger partial charge in [0, 0.05) is 5.02 Å². The van der Waals surface area contributed by atoms with Crippen LogP contribution >= 0.6 is 23.8 Å². The summed E-state index contributed by atoms with van der Waals surface area (Å²) in [5.41, 5.74) is 5.21. The molecule has 1 aromatic rings. The number of nitrogens with two attached hydrogens (primary N) is 1. The highest BCUT2D eigenvalue weighted by Crippen LogP contribution is 2.35. The first-order valence-electron chi connectivity index (χ1n) is 6.48. The van der Waals surface area contributed by atoms with E-state index >= 15 is 0 Å². The number of nitro groups is 1. The first-order chi connectivity index (χ1) is 10.8. The Morgan fingerprint density at radius 2 is 2.13 bits per heavy atom. The molecule has 0 saturated carbocycles. The van der Waals surface area contributed by atoms with Crippen LogP contribution in [0.3, 0.4) is 0 Å². The highest BCUT2D eigenvalue weighted by Gasteiger charge is 2.40. The van der Waals surface area contributed by atoms with Crippen LogP contribution in [0.4, 0.5) is 0 Å². The molecule has 0 radical (unpaired) electrons. The van der Waals surface area contributed by atoms with Crippen molar-refractivity contribution in [2.75, 3.05) is 6.61 Å². The van der Waals surface area contributed by atoms with E-state index in [1.807, 2.05) is 6.07 Å². The molecule has 0 bridgehead atoms. The van der Waals surface area contributed by atoms with Crippen molar-refractivity contribution in [1.82, 2.24) is 0 Å². The molecule has 0 aliphatic carbocycles. The van der Waals surface area contributed by atoms with Gasteiger partial charge in [0.15, 0.2) is 0 Å². The maximum atomic E-state index is 11.4. The summed E-state index contributed by atoms with van der Waals surface area (Å²) in [6, 6.07) is 7.85. The number of rotatable bonds is 7. The number of aliphatic hydroxyl groups excluding tert-OH is 1.